The summed E-state index contributed by atoms with van der Waals surface area (Å²) in [5.41, 5.74) is 1.06. The first-order valence-electron chi connectivity index (χ1n) is 4.25. The van der Waals surface area contributed by atoms with Crippen molar-refractivity contribution in [3.63, 3.8) is 0 Å². The van der Waals surface area contributed by atoms with Crippen molar-refractivity contribution in [1.29, 1.82) is 0 Å². The van der Waals surface area contributed by atoms with E-state index in [1.807, 2.05) is 0 Å². The Morgan fingerprint density at radius 2 is 2.27 bits per heavy atom. The summed E-state index contributed by atoms with van der Waals surface area (Å²) in [6.45, 7) is 0. The van der Waals surface area contributed by atoms with Crippen LogP contribution in [0.2, 0.25) is 0 Å². The molecule has 2 rings (SSSR count). The number of nitrogens with one attached hydrogen (secondary N) is 1. The average molecular weight is 199 g/mol. The lowest BCUT2D eigenvalue weighted by Gasteiger charge is -2.02. The van der Waals surface area contributed by atoms with Crippen molar-refractivity contribution in [1.82, 2.24) is 0 Å². The quantitative estimate of drug-likeness (QED) is 0.593. The summed E-state index contributed by atoms with van der Waals surface area (Å²) in [6, 6.07) is 6.63. The zero-order valence-corrected chi connectivity index (χ0v) is 7.69. The molecule has 1 heterocycles. The Labute approximate surface area is 86.7 Å². The van der Waals surface area contributed by atoms with Gasteiger partial charge in [-0.05, 0) is 18.2 Å². The third-order valence-electron chi connectivity index (χ3n) is 1.95. The minimum absolute atomic E-state index is 0.212. The van der Waals surface area contributed by atoms with Gasteiger partial charge in [0.15, 0.2) is 17.9 Å². The van der Waals surface area contributed by atoms with E-state index in [0.717, 1.165) is 0 Å². The number of hydrogen-bond acceptors (Lipinski definition) is 3. The first kappa shape index (κ1) is 9.52. The van der Waals surface area contributed by atoms with Gasteiger partial charge in [0.1, 0.15) is 5.58 Å². The molecule has 1 aromatic heterocycles. The fraction of sp³-hybridized carbons (Fsp3) is 0. The number of rotatable bonds is 2. The highest BCUT2D eigenvalue weighted by molar-refractivity contribution is 6.60. The summed E-state index contributed by atoms with van der Waals surface area (Å²) in [6.07, 6.45) is 0.605. The predicted molar refractivity (Wildman–Crippen MR) is 56.4 cm³/mol. The van der Waals surface area contributed by atoms with E-state index in [0.29, 0.717) is 22.9 Å². The maximum atomic E-state index is 10.7. The lowest BCUT2D eigenvalue weighted by molar-refractivity contribution is 0.110. The molecule has 1 N–H and O–H groups in total. The van der Waals surface area contributed by atoms with Crippen LogP contribution in [0.25, 0.3) is 11.0 Å². The standard InChI is InChI=1S/C10H6BNO3/c11-10(14)12-8-2-1-3-9-7(8)4-6(5-13)15-9/h1-5H,(H,12,14). The van der Waals surface area contributed by atoms with Crippen LogP contribution in [0.1, 0.15) is 10.6 Å². The van der Waals surface area contributed by atoms with Gasteiger partial charge in [-0.15, -0.1) is 0 Å². The van der Waals surface area contributed by atoms with Crippen molar-refractivity contribution in [2.75, 3.05) is 5.32 Å². The van der Waals surface area contributed by atoms with Gasteiger partial charge in [-0.1, -0.05) is 6.07 Å². The molecule has 0 atom stereocenters. The summed E-state index contributed by atoms with van der Waals surface area (Å²) in [4.78, 5) is 21.2. The molecule has 0 saturated heterocycles. The summed E-state index contributed by atoms with van der Waals surface area (Å²) < 4.78 is 5.18. The van der Waals surface area contributed by atoms with Gasteiger partial charge < -0.3 is 9.73 Å². The van der Waals surface area contributed by atoms with Crippen LogP contribution in [0, 0.1) is 0 Å². The van der Waals surface area contributed by atoms with Crippen LogP contribution >= 0.6 is 0 Å². The van der Waals surface area contributed by atoms with Gasteiger partial charge in [-0.2, -0.15) is 0 Å². The van der Waals surface area contributed by atoms with Crippen molar-refractivity contribution < 1.29 is 14.0 Å². The highest BCUT2D eigenvalue weighted by Crippen LogP contribution is 2.26. The van der Waals surface area contributed by atoms with Crippen molar-refractivity contribution in [2.45, 2.75) is 0 Å². The monoisotopic (exact) mass is 199 g/mol. The first-order chi connectivity index (χ1) is 7.20. The molecule has 1 amide bonds. The van der Waals surface area contributed by atoms with Gasteiger partial charge in [0, 0.05) is 5.39 Å². The minimum Gasteiger partial charge on any atom is -0.453 e. The second kappa shape index (κ2) is 3.61. The Morgan fingerprint density at radius 3 is 2.93 bits per heavy atom. The molecule has 72 valence electrons. The van der Waals surface area contributed by atoms with E-state index in [1.54, 1.807) is 24.3 Å². The molecule has 0 spiro atoms. The number of benzene rings is 1. The van der Waals surface area contributed by atoms with Crippen molar-refractivity contribution in [3.8, 4) is 0 Å². The van der Waals surface area contributed by atoms with Crippen LogP contribution in [-0.4, -0.2) is 19.9 Å². The zero-order valence-electron chi connectivity index (χ0n) is 7.69. The molecule has 15 heavy (non-hydrogen) atoms. The third-order valence-corrected chi connectivity index (χ3v) is 1.95. The molecular formula is C10H6BNO3. The molecule has 0 fully saturated rings. The van der Waals surface area contributed by atoms with E-state index in [4.69, 9.17) is 12.3 Å². The maximum Gasteiger partial charge on any atom is 0.201 e. The fourth-order valence-electron chi connectivity index (χ4n) is 1.38. The van der Waals surface area contributed by atoms with E-state index < -0.39 is 5.81 Å². The predicted octanol–water partition coefficient (Wildman–Crippen LogP) is 1.95. The Hall–Kier alpha value is -2.04. The number of amides is 1. The summed E-state index contributed by atoms with van der Waals surface area (Å²) in [5.74, 6) is -0.444. The van der Waals surface area contributed by atoms with Crippen LogP contribution < -0.4 is 5.32 Å². The summed E-state index contributed by atoms with van der Waals surface area (Å²) in [5, 5.41) is 3.10. The van der Waals surface area contributed by atoms with Gasteiger partial charge in [-0.25, -0.2) is 0 Å². The molecule has 1 aromatic carbocycles. The molecule has 0 aliphatic heterocycles. The molecular weight excluding hydrogens is 193 g/mol. The Kier molecular flexibility index (Phi) is 2.29. The van der Waals surface area contributed by atoms with Crippen LogP contribution in [0.15, 0.2) is 28.7 Å². The minimum atomic E-state index is -0.656. The molecule has 5 heteroatoms. The highest BCUT2D eigenvalue weighted by atomic mass is 16.3. The number of carbonyl (C=O) groups excluding carboxylic acids is 2. The topological polar surface area (TPSA) is 59.3 Å². The smallest absolute Gasteiger partial charge is 0.201 e. The lowest BCUT2D eigenvalue weighted by Crippen LogP contribution is -2.07. The van der Waals surface area contributed by atoms with Gasteiger partial charge >= 0.3 is 0 Å². The van der Waals surface area contributed by atoms with Crippen molar-refractivity contribution >= 4 is 36.6 Å². The first-order valence-corrected chi connectivity index (χ1v) is 4.25. The number of aldehydes is 1. The Bertz CT molecular complexity index is 532. The van der Waals surface area contributed by atoms with Gasteiger partial charge in [0.05, 0.1) is 5.69 Å². The van der Waals surface area contributed by atoms with Gasteiger partial charge in [-0.3, -0.25) is 9.59 Å². The average Bonchev–Trinajstić information content (AvgIpc) is 2.61. The molecule has 4 nitrogen and oxygen atoms in total. The van der Waals surface area contributed by atoms with Crippen molar-refractivity contribution in [3.05, 3.63) is 30.0 Å². The Balaban J connectivity index is 2.58. The molecule has 2 radical (unpaired) electrons. The number of furan rings is 1. The van der Waals surface area contributed by atoms with Crippen LogP contribution in [0.4, 0.5) is 10.5 Å². The molecule has 0 aliphatic carbocycles. The van der Waals surface area contributed by atoms with E-state index in [2.05, 4.69) is 5.32 Å². The number of anilines is 1. The van der Waals surface area contributed by atoms with Crippen LogP contribution in [0.3, 0.4) is 0 Å². The number of fused-ring (bicyclic) bond motifs is 1. The third kappa shape index (κ3) is 1.76. The summed E-state index contributed by atoms with van der Waals surface area (Å²) in [7, 11) is 5.00. The second-order valence-electron chi connectivity index (χ2n) is 2.97. The van der Waals surface area contributed by atoms with Crippen molar-refractivity contribution in [2.24, 2.45) is 0 Å². The van der Waals surface area contributed by atoms with E-state index in [9.17, 15) is 9.59 Å². The van der Waals surface area contributed by atoms with E-state index in [-0.39, 0.29) is 5.76 Å². The maximum absolute atomic E-state index is 10.7. The van der Waals surface area contributed by atoms with E-state index in [1.165, 1.54) is 0 Å². The zero-order chi connectivity index (χ0) is 10.8. The lowest BCUT2D eigenvalue weighted by atomic mass is 10.1. The second-order valence-corrected chi connectivity index (χ2v) is 2.97. The SMILES string of the molecule is [B]C(=O)Nc1cccc2oc(C=O)cc12. The van der Waals surface area contributed by atoms with Gasteiger partial charge in [0.25, 0.3) is 0 Å². The molecule has 0 bridgehead atoms. The molecule has 0 unspecified atom stereocenters. The fourth-order valence-corrected chi connectivity index (χ4v) is 1.38. The summed E-state index contributed by atoms with van der Waals surface area (Å²) >= 11 is 0. The van der Waals surface area contributed by atoms with Gasteiger partial charge in [0.2, 0.25) is 7.85 Å². The van der Waals surface area contributed by atoms with Crippen LogP contribution in [0.5, 0.6) is 0 Å². The van der Waals surface area contributed by atoms with Crippen LogP contribution in [-0.2, 0) is 0 Å². The number of carbonyl (C=O) groups is 2. The number of hydrogen-bond donors (Lipinski definition) is 1. The molecule has 2 aromatic rings. The molecule has 0 aliphatic rings. The largest absolute Gasteiger partial charge is 0.453 e. The Morgan fingerprint density at radius 1 is 1.47 bits per heavy atom. The highest BCUT2D eigenvalue weighted by Gasteiger charge is 2.07. The normalized spacial score (nSPS) is 10.1. The van der Waals surface area contributed by atoms with E-state index >= 15 is 0 Å². The molecule has 0 saturated carbocycles.